The number of aryl methyl sites for hydroxylation is 1. The summed E-state index contributed by atoms with van der Waals surface area (Å²) in [5.41, 5.74) is 6.20. The topological polar surface area (TPSA) is 69.8 Å². The van der Waals surface area contributed by atoms with Crippen LogP contribution >= 0.6 is 0 Å². The summed E-state index contributed by atoms with van der Waals surface area (Å²) in [6, 6.07) is 16.3. The highest BCUT2D eigenvalue weighted by Crippen LogP contribution is 2.26. The van der Waals surface area contributed by atoms with Gasteiger partial charge in [-0.1, -0.05) is 29.8 Å². The van der Waals surface area contributed by atoms with Crippen LogP contribution in [0.1, 0.15) is 27.0 Å². The maximum absolute atomic E-state index is 14.2. The molecule has 0 saturated heterocycles. The van der Waals surface area contributed by atoms with E-state index in [2.05, 4.69) is 20.6 Å². The molecule has 29 heavy (non-hydrogen) atoms. The third-order valence-corrected chi connectivity index (χ3v) is 5.18. The molecule has 2 heterocycles. The summed E-state index contributed by atoms with van der Waals surface area (Å²) in [5.74, 6) is -0.269. The van der Waals surface area contributed by atoms with Crippen molar-refractivity contribution >= 4 is 22.6 Å². The first-order valence-electron chi connectivity index (χ1n) is 9.47. The van der Waals surface area contributed by atoms with Crippen LogP contribution in [0.4, 0.5) is 10.1 Å². The minimum absolute atomic E-state index is 0.203. The average molecular weight is 386 g/mol. The number of aromatic nitrogens is 2. The van der Waals surface area contributed by atoms with Crippen LogP contribution in [0, 0.1) is 12.7 Å². The molecule has 1 aliphatic rings. The molecule has 0 saturated carbocycles. The Kier molecular flexibility index (Phi) is 4.14. The number of nitrogens with one attached hydrogen (secondary N) is 3. The average Bonchev–Trinajstić information content (AvgIpc) is 3.33. The van der Waals surface area contributed by atoms with Crippen LogP contribution in [0.5, 0.6) is 0 Å². The third kappa shape index (κ3) is 3.28. The number of imidazole rings is 1. The number of fused-ring (bicyclic) bond motifs is 2. The van der Waals surface area contributed by atoms with Crippen molar-refractivity contribution in [1.29, 1.82) is 0 Å². The number of benzene rings is 3. The third-order valence-electron chi connectivity index (χ3n) is 5.18. The Morgan fingerprint density at radius 2 is 1.93 bits per heavy atom. The van der Waals surface area contributed by atoms with Gasteiger partial charge in [0.1, 0.15) is 17.2 Å². The number of hydrogen-bond donors (Lipinski definition) is 3. The molecule has 0 atom stereocenters. The lowest BCUT2D eigenvalue weighted by Crippen LogP contribution is -2.13. The van der Waals surface area contributed by atoms with Gasteiger partial charge >= 0.3 is 0 Å². The number of anilines is 1. The Labute approximate surface area is 167 Å². The lowest BCUT2D eigenvalue weighted by atomic mass is 10.1. The second-order valence-electron chi connectivity index (χ2n) is 7.35. The van der Waals surface area contributed by atoms with Crippen LogP contribution in [0.2, 0.25) is 0 Å². The standard InChI is InChI=1S/C23H19FN4O/c1-13-3-2-4-14(7-13)22-27-20-10-17(24)9-19(21(20)28-22)23(29)26-18-6-5-15-11-25-12-16(15)8-18/h2-10,25H,11-12H2,1H3,(H,26,29)(H,27,28). The Hall–Kier alpha value is -3.51. The van der Waals surface area contributed by atoms with E-state index in [0.29, 0.717) is 22.5 Å². The van der Waals surface area contributed by atoms with Gasteiger partial charge < -0.3 is 15.6 Å². The highest BCUT2D eigenvalue weighted by Gasteiger charge is 2.18. The van der Waals surface area contributed by atoms with E-state index in [1.54, 1.807) is 0 Å². The first-order chi connectivity index (χ1) is 14.1. The molecule has 0 aliphatic carbocycles. The molecular formula is C23H19FN4O. The van der Waals surface area contributed by atoms with Crippen molar-refractivity contribution in [2.75, 3.05) is 5.32 Å². The van der Waals surface area contributed by atoms with Crippen molar-refractivity contribution in [3.63, 3.8) is 0 Å². The molecule has 5 rings (SSSR count). The van der Waals surface area contributed by atoms with Crippen molar-refractivity contribution in [2.45, 2.75) is 20.0 Å². The number of halogens is 1. The molecular weight excluding hydrogens is 367 g/mol. The Morgan fingerprint density at radius 3 is 2.79 bits per heavy atom. The van der Waals surface area contributed by atoms with Gasteiger partial charge in [-0.3, -0.25) is 4.79 Å². The summed E-state index contributed by atoms with van der Waals surface area (Å²) in [6.07, 6.45) is 0. The van der Waals surface area contributed by atoms with Crippen molar-refractivity contribution in [3.05, 3.63) is 82.7 Å². The van der Waals surface area contributed by atoms with Gasteiger partial charge in [0.05, 0.1) is 11.1 Å². The van der Waals surface area contributed by atoms with Crippen LogP contribution < -0.4 is 10.6 Å². The molecule has 144 valence electrons. The minimum Gasteiger partial charge on any atom is -0.338 e. The maximum Gasteiger partial charge on any atom is 0.258 e. The number of carbonyl (C=O) groups excluding carboxylic acids is 1. The predicted octanol–water partition coefficient (Wildman–Crippen LogP) is 4.53. The normalized spacial score (nSPS) is 12.9. The zero-order valence-corrected chi connectivity index (χ0v) is 15.8. The first kappa shape index (κ1) is 17.6. The predicted molar refractivity (Wildman–Crippen MR) is 111 cm³/mol. The number of carbonyl (C=O) groups is 1. The van der Waals surface area contributed by atoms with Crippen LogP contribution in [-0.2, 0) is 13.1 Å². The maximum atomic E-state index is 14.2. The molecule has 0 radical (unpaired) electrons. The van der Waals surface area contributed by atoms with E-state index in [1.807, 2.05) is 49.4 Å². The van der Waals surface area contributed by atoms with Gasteiger partial charge in [0.25, 0.3) is 5.91 Å². The number of rotatable bonds is 3. The van der Waals surface area contributed by atoms with Crippen molar-refractivity contribution in [1.82, 2.24) is 15.3 Å². The molecule has 6 heteroatoms. The molecule has 0 spiro atoms. The van der Waals surface area contributed by atoms with E-state index in [-0.39, 0.29) is 11.5 Å². The molecule has 1 amide bonds. The molecule has 0 fully saturated rings. The second-order valence-corrected chi connectivity index (χ2v) is 7.35. The molecule has 3 N–H and O–H groups in total. The summed E-state index contributed by atoms with van der Waals surface area (Å²) >= 11 is 0. The SMILES string of the molecule is Cc1cccc(-c2nc3c(C(=O)Nc4ccc5c(c4)CNC5)cc(F)cc3[nH]2)c1. The van der Waals surface area contributed by atoms with E-state index in [1.165, 1.54) is 17.7 Å². The van der Waals surface area contributed by atoms with Gasteiger partial charge in [-0.05, 0) is 48.4 Å². The fourth-order valence-electron chi connectivity index (χ4n) is 3.76. The highest BCUT2D eigenvalue weighted by atomic mass is 19.1. The van der Waals surface area contributed by atoms with E-state index in [4.69, 9.17) is 0 Å². The Balaban J connectivity index is 1.52. The molecule has 0 bridgehead atoms. The lowest BCUT2D eigenvalue weighted by molar-refractivity contribution is 0.102. The summed E-state index contributed by atoms with van der Waals surface area (Å²) in [4.78, 5) is 20.7. The molecule has 3 aromatic carbocycles. The highest BCUT2D eigenvalue weighted by molar-refractivity contribution is 6.11. The second kappa shape index (κ2) is 6.83. The monoisotopic (exact) mass is 386 g/mol. The number of H-pyrrole nitrogens is 1. The Bertz CT molecular complexity index is 1260. The molecule has 0 unspecified atom stereocenters. The summed E-state index contributed by atoms with van der Waals surface area (Å²) < 4.78 is 14.2. The molecule has 1 aliphatic heterocycles. The van der Waals surface area contributed by atoms with Crippen molar-refractivity contribution in [3.8, 4) is 11.4 Å². The summed E-state index contributed by atoms with van der Waals surface area (Å²) in [6.45, 7) is 3.61. The van der Waals surface area contributed by atoms with E-state index in [0.717, 1.165) is 29.8 Å². The first-order valence-corrected chi connectivity index (χ1v) is 9.47. The van der Waals surface area contributed by atoms with E-state index in [9.17, 15) is 9.18 Å². The number of aromatic amines is 1. The molecule has 5 nitrogen and oxygen atoms in total. The molecule has 1 aromatic heterocycles. The summed E-state index contributed by atoms with van der Waals surface area (Å²) in [7, 11) is 0. The minimum atomic E-state index is -0.486. The largest absolute Gasteiger partial charge is 0.338 e. The van der Waals surface area contributed by atoms with E-state index >= 15 is 0 Å². The summed E-state index contributed by atoms with van der Waals surface area (Å²) in [5, 5.41) is 6.16. The fraction of sp³-hybridized carbons (Fsp3) is 0.130. The van der Waals surface area contributed by atoms with E-state index < -0.39 is 5.82 Å². The van der Waals surface area contributed by atoms with Crippen LogP contribution in [0.3, 0.4) is 0 Å². The fourth-order valence-corrected chi connectivity index (χ4v) is 3.76. The van der Waals surface area contributed by atoms with Gasteiger partial charge in [0.15, 0.2) is 0 Å². The molecule has 4 aromatic rings. The quantitative estimate of drug-likeness (QED) is 0.484. The van der Waals surface area contributed by atoms with Gasteiger partial charge in [-0.2, -0.15) is 0 Å². The smallest absolute Gasteiger partial charge is 0.258 e. The zero-order valence-electron chi connectivity index (χ0n) is 15.8. The van der Waals surface area contributed by atoms with Crippen LogP contribution in [-0.4, -0.2) is 15.9 Å². The Morgan fingerprint density at radius 1 is 1.07 bits per heavy atom. The number of nitrogens with zero attached hydrogens (tertiary/aromatic N) is 1. The number of amides is 1. The van der Waals surface area contributed by atoms with Gasteiger partial charge in [0.2, 0.25) is 0 Å². The van der Waals surface area contributed by atoms with Crippen molar-refractivity contribution in [2.24, 2.45) is 0 Å². The van der Waals surface area contributed by atoms with Gasteiger partial charge in [-0.15, -0.1) is 0 Å². The van der Waals surface area contributed by atoms with Crippen LogP contribution in [0.15, 0.2) is 54.6 Å². The van der Waals surface area contributed by atoms with Gasteiger partial charge in [0, 0.05) is 24.3 Å². The zero-order chi connectivity index (χ0) is 20.0. The van der Waals surface area contributed by atoms with Gasteiger partial charge in [-0.25, -0.2) is 9.37 Å². The number of hydrogen-bond acceptors (Lipinski definition) is 3. The van der Waals surface area contributed by atoms with Crippen molar-refractivity contribution < 1.29 is 9.18 Å². The lowest BCUT2D eigenvalue weighted by Gasteiger charge is -2.08. The van der Waals surface area contributed by atoms with Crippen LogP contribution in [0.25, 0.3) is 22.4 Å².